The SMILES string of the molecule is Cc1cc(CCl)nc(C(F)F)c1CC#N. The van der Waals surface area contributed by atoms with Crippen LogP contribution in [0.5, 0.6) is 0 Å². The maximum atomic E-state index is 12.6. The molecule has 0 fully saturated rings. The van der Waals surface area contributed by atoms with E-state index in [9.17, 15) is 8.78 Å². The van der Waals surface area contributed by atoms with Crippen LogP contribution >= 0.6 is 11.6 Å². The monoisotopic (exact) mass is 230 g/mol. The number of hydrogen-bond acceptors (Lipinski definition) is 2. The molecule has 5 heteroatoms. The van der Waals surface area contributed by atoms with Gasteiger partial charge in [-0.15, -0.1) is 11.6 Å². The molecule has 0 atom stereocenters. The van der Waals surface area contributed by atoms with E-state index in [1.807, 2.05) is 6.07 Å². The summed E-state index contributed by atoms with van der Waals surface area (Å²) in [5, 5.41) is 8.53. The highest BCUT2D eigenvalue weighted by Crippen LogP contribution is 2.25. The van der Waals surface area contributed by atoms with Crippen molar-refractivity contribution in [3.8, 4) is 6.07 Å². The molecule has 1 rings (SSSR count). The summed E-state index contributed by atoms with van der Waals surface area (Å²) in [6.07, 6.45) is -2.73. The van der Waals surface area contributed by atoms with Gasteiger partial charge in [0, 0.05) is 0 Å². The molecule has 0 aliphatic carbocycles. The summed E-state index contributed by atoms with van der Waals surface area (Å²) in [7, 11) is 0. The van der Waals surface area contributed by atoms with E-state index in [1.54, 1.807) is 13.0 Å². The van der Waals surface area contributed by atoms with Crippen LogP contribution in [-0.4, -0.2) is 4.98 Å². The van der Waals surface area contributed by atoms with Crippen LogP contribution in [0.15, 0.2) is 6.07 Å². The first-order valence-electron chi connectivity index (χ1n) is 4.30. The molecule has 2 nitrogen and oxygen atoms in total. The van der Waals surface area contributed by atoms with Gasteiger partial charge in [0.15, 0.2) is 0 Å². The molecule has 0 amide bonds. The van der Waals surface area contributed by atoms with Crippen molar-refractivity contribution < 1.29 is 8.78 Å². The van der Waals surface area contributed by atoms with Crippen molar-refractivity contribution in [2.45, 2.75) is 25.7 Å². The predicted octanol–water partition coefficient (Wildman–Crippen LogP) is 3.13. The topological polar surface area (TPSA) is 36.7 Å². The zero-order valence-electron chi connectivity index (χ0n) is 8.10. The summed E-state index contributed by atoms with van der Waals surface area (Å²) in [5.41, 5.74) is 1.03. The van der Waals surface area contributed by atoms with E-state index in [4.69, 9.17) is 16.9 Å². The molecule has 1 aromatic heterocycles. The smallest absolute Gasteiger partial charge is 0.250 e. The summed E-state index contributed by atoms with van der Waals surface area (Å²) in [5.74, 6) is 0.0907. The van der Waals surface area contributed by atoms with Crippen LogP contribution in [0.1, 0.15) is 28.9 Å². The number of hydrogen-bond donors (Lipinski definition) is 0. The Labute approximate surface area is 91.5 Å². The van der Waals surface area contributed by atoms with E-state index in [0.717, 1.165) is 0 Å². The van der Waals surface area contributed by atoms with Gasteiger partial charge in [0.2, 0.25) is 0 Å². The Morgan fingerprint density at radius 2 is 2.27 bits per heavy atom. The van der Waals surface area contributed by atoms with Crippen molar-refractivity contribution in [1.82, 2.24) is 4.98 Å². The van der Waals surface area contributed by atoms with Crippen LogP contribution in [-0.2, 0) is 12.3 Å². The number of nitriles is 1. The second-order valence-corrected chi connectivity index (χ2v) is 3.33. The van der Waals surface area contributed by atoms with E-state index >= 15 is 0 Å². The zero-order chi connectivity index (χ0) is 11.4. The van der Waals surface area contributed by atoms with Crippen molar-refractivity contribution in [1.29, 1.82) is 5.26 Å². The largest absolute Gasteiger partial charge is 0.280 e. The minimum Gasteiger partial charge on any atom is -0.250 e. The summed E-state index contributed by atoms with van der Waals surface area (Å²) in [6.45, 7) is 1.68. The second kappa shape index (κ2) is 5.04. The highest BCUT2D eigenvalue weighted by atomic mass is 35.5. The number of pyridine rings is 1. The number of halogens is 3. The van der Waals surface area contributed by atoms with Crippen LogP contribution in [0.25, 0.3) is 0 Å². The number of rotatable bonds is 3. The Bertz CT molecular complexity index is 399. The quantitative estimate of drug-likeness (QED) is 0.748. The summed E-state index contributed by atoms with van der Waals surface area (Å²) >= 11 is 5.53. The molecule has 1 heterocycles. The lowest BCUT2D eigenvalue weighted by Gasteiger charge is -2.10. The molecule has 0 saturated carbocycles. The maximum absolute atomic E-state index is 12.6. The van der Waals surface area contributed by atoms with Crippen molar-refractivity contribution in [3.63, 3.8) is 0 Å². The van der Waals surface area contributed by atoms with Gasteiger partial charge in [-0.25, -0.2) is 8.78 Å². The van der Waals surface area contributed by atoms with Gasteiger partial charge in [0.25, 0.3) is 6.43 Å². The Hall–Kier alpha value is -1.21. The molecule has 0 unspecified atom stereocenters. The molecule has 0 bridgehead atoms. The Balaban J connectivity index is 3.30. The van der Waals surface area contributed by atoms with E-state index in [0.29, 0.717) is 16.8 Å². The average molecular weight is 231 g/mol. The fourth-order valence-corrected chi connectivity index (χ4v) is 1.49. The zero-order valence-corrected chi connectivity index (χ0v) is 8.85. The number of alkyl halides is 3. The molecule has 0 aliphatic heterocycles. The van der Waals surface area contributed by atoms with Crippen LogP contribution in [0.2, 0.25) is 0 Å². The molecule has 0 aromatic carbocycles. The van der Waals surface area contributed by atoms with Crippen LogP contribution in [0.3, 0.4) is 0 Å². The van der Waals surface area contributed by atoms with Crippen molar-refractivity contribution >= 4 is 11.6 Å². The Kier molecular flexibility index (Phi) is 3.98. The molecule has 0 N–H and O–H groups in total. The summed E-state index contributed by atoms with van der Waals surface area (Å²) < 4.78 is 25.3. The van der Waals surface area contributed by atoms with Gasteiger partial charge < -0.3 is 0 Å². The summed E-state index contributed by atoms with van der Waals surface area (Å²) in [4.78, 5) is 3.74. The van der Waals surface area contributed by atoms with Gasteiger partial charge in [-0.1, -0.05) is 0 Å². The lowest BCUT2D eigenvalue weighted by Crippen LogP contribution is -2.03. The molecule has 80 valence electrons. The average Bonchev–Trinajstić information content (AvgIpc) is 2.20. The fraction of sp³-hybridized carbons (Fsp3) is 0.400. The van der Waals surface area contributed by atoms with Gasteiger partial charge in [0.05, 0.1) is 24.1 Å². The van der Waals surface area contributed by atoms with Gasteiger partial charge in [-0.2, -0.15) is 5.26 Å². The molecular formula is C10H9ClF2N2. The fourth-order valence-electron chi connectivity index (χ4n) is 1.35. The minimum absolute atomic E-state index is 0.0545. The first kappa shape index (κ1) is 11.9. The number of aromatic nitrogens is 1. The van der Waals surface area contributed by atoms with E-state index in [-0.39, 0.29) is 18.0 Å². The predicted molar refractivity (Wildman–Crippen MR) is 52.8 cm³/mol. The summed E-state index contributed by atoms with van der Waals surface area (Å²) in [6, 6.07) is 3.48. The van der Waals surface area contributed by atoms with E-state index in [2.05, 4.69) is 4.98 Å². The highest BCUT2D eigenvalue weighted by Gasteiger charge is 2.17. The van der Waals surface area contributed by atoms with Gasteiger partial charge >= 0.3 is 0 Å². The maximum Gasteiger partial charge on any atom is 0.280 e. The van der Waals surface area contributed by atoms with Crippen LogP contribution in [0.4, 0.5) is 8.78 Å². The lowest BCUT2D eigenvalue weighted by molar-refractivity contribution is 0.144. The van der Waals surface area contributed by atoms with E-state index in [1.165, 1.54) is 0 Å². The van der Waals surface area contributed by atoms with Gasteiger partial charge in [-0.05, 0) is 24.1 Å². The molecule has 0 radical (unpaired) electrons. The van der Waals surface area contributed by atoms with Crippen molar-refractivity contribution in [2.75, 3.05) is 0 Å². The third kappa shape index (κ3) is 2.63. The van der Waals surface area contributed by atoms with Crippen LogP contribution in [0, 0.1) is 18.3 Å². The van der Waals surface area contributed by atoms with E-state index < -0.39 is 6.43 Å². The molecule has 15 heavy (non-hydrogen) atoms. The van der Waals surface area contributed by atoms with Gasteiger partial charge in [-0.3, -0.25) is 4.98 Å². The third-order valence-corrected chi connectivity index (χ3v) is 2.31. The molecule has 0 saturated heterocycles. The highest BCUT2D eigenvalue weighted by molar-refractivity contribution is 6.16. The lowest BCUT2D eigenvalue weighted by atomic mass is 10.0. The third-order valence-electron chi connectivity index (χ3n) is 2.03. The van der Waals surface area contributed by atoms with Crippen molar-refractivity contribution in [3.05, 3.63) is 28.6 Å². The number of aryl methyl sites for hydroxylation is 1. The first-order valence-corrected chi connectivity index (χ1v) is 4.84. The van der Waals surface area contributed by atoms with Crippen molar-refractivity contribution in [2.24, 2.45) is 0 Å². The Morgan fingerprint density at radius 1 is 1.60 bits per heavy atom. The normalized spacial score (nSPS) is 10.4. The molecule has 0 aliphatic rings. The standard InChI is InChI=1S/C10H9ClF2N2/c1-6-4-7(5-11)15-9(10(12)13)8(6)2-3-14/h4,10H,2,5H2,1H3. The number of nitrogens with zero attached hydrogens (tertiary/aromatic N) is 2. The molecule has 0 spiro atoms. The van der Waals surface area contributed by atoms with Gasteiger partial charge in [0.1, 0.15) is 5.69 Å². The van der Waals surface area contributed by atoms with Crippen LogP contribution < -0.4 is 0 Å². The molecule has 1 aromatic rings. The first-order chi connectivity index (χ1) is 7.10. The molecular weight excluding hydrogens is 222 g/mol. The second-order valence-electron chi connectivity index (χ2n) is 3.06. The Morgan fingerprint density at radius 3 is 2.73 bits per heavy atom. The minimum atomic E-state index is -2.67.